The minimum Gasteiger partial charge on any atom is -0.504 e. The molecule has 2 heteroatoms. The third-order valence-electron chi connectivity index (χ3n) is 3.38. The van der Waals surface area contributed by atoms with E-state index in [9.17, 15) is 10.2 Å². The Morgan fingerprint density at radius 3 is 1.88 bits per heavy atom. The van der Waals surface area contributed by atoms with Crippen LogP contribution in [0.3, 0.4) is 0 Å². The van der Waals surface area contributed by atoms with Crippen LogP contribution in [0.25, 0.3) is 11.1 Å². The number of benzene rings is 2. The van der Waals surface area contributed by atoms with E-state index in [1.807, 2.05) is 51.1 Å². The molecule has 88 valence electrons. The van der Waals surface area contributed by atoms with Crippen LogP contribution in [0.15, 0.2) is 30.3 Å². The first-order valence-electron chi connectivity index (χ1n) is 5.61. The molecule has 0 aliphatic heterocycles. The van der Waals surface area contributed by atoms with Gasteiger partial charge in [-0.15, -0.1) is 0 Å². The molecule has 2 nitrogen and oxygen atoms in total. The number of hydrogen-bond donors (Lipinski definition) is 2. The minimum absolute atomic E-state index is 0.0213. The van der Waals surface area contributed by atoms with Crippen LogP contribution in [-0.2, 0) is 0 Å². The van der Waals surface area contributed by atoms with Gasteiger partial charge in [-0.25, -0.2) is 0 Å². The molecule has 0 fully saturated rings. The molecule has 0 saturated heterocycles. The van der Waals surface area contributed by atoms with Gasteiger partial charge < -0.3 is 10.2 Å². The Kier molecular flexibility index (Phi) is 2.80. The van der Waals surface area contributed by atoms with Crippen LogP contribution in [0, 0.1) is 20.8 Å². The fourth-order valence-electron chi connectivity index (χ4n) is 2.08. The number of phenolic OH excluding ortho intramolecular Hbond substituents is 2. The van der Waals surface area contributed by atoms with E-state index in [1.165, 1.54) is 0 Å². The molecule has 0 radical (unpaired) electrons. The fraction of sp³-hybridized carbons (Fsp3) is 0.200. The van der Waals surface area contributed by atoms with Gasteiger partial charge in [0.1, 0.15) is 0 Å². The van der Waals surface area contributed by atoms with Gasteiger partial charge in [0.05, 0.1) is 0 Å². The van der Waals surface area contributed by atoms with E-state index >= 15 is 0 Å². The summed E-state index contributed by atoms with van der Waals surface area (Å²) < 4.78 is 0. The van der Waals surface area contributed by atoms with E-state index in [1.54, 1.807) is 0 Å². The molecule has 2 aromatic rings. The van der Waals surface area contributed by atoms with Gasteiger partial charge in [0.25, 0.3) is 0 Å². The predicted molar refractivity (Wildman–Crippen MR) is 69.4 cm³/mol. The Hall–Kier alpha value is -1.96. The molecule has 2 aromatic carbocycles. The van der Waals surface area contributed by atoms with Gasteiger partial charge in [0, 0.05) is 5.56 Å². The third kappa shape index (κ3) is 1.76. The summed E-state index contributed by atoms with van der Waals surface area (Å²) in [6.45, 7) is 5.73. The predicted octanol–water partition coefficient (Wildman–Crippen LogP) is 3.69. The zero-order valence-electron chi connectivity index (χ0n) is 10.3. The molecule has 0 saturated carbocycles. The van der Waals surface area contributed by atoms with Gasteiger partial charge in [-0.1, -0.05) is 30.3 Å². The number of aromatic hydroxyl groups is 2. The van der Waals surface area contributed by atoms with Crippen molar-refractivity contribution in [2.24, 2.45) is 0 Å². The highest BCUT2D eigenvalue weighted by molar-refractivity contribution is 5.79. The normalized spacial score (nSPS) is 10.5. The molecule has 17 heavy (non-hydrogen) atoms. The lowest BCUT2D eigenvalue weighted by atomic mass is 9.92. The van der Waals surface area contributed by atoms with Crippen LogP contribution in [0.1, 0.15) is 16.7 Å². The highest BCUT2D eigenvalue weighted by Gasteiger charge is 2.17. The van der Waals surface area contributed by atoms with E-state index in [2.05, 4.69) is 0 Å². The molecular weight excluding hydrogens is 212 g/mol. The van der Waals surface area contributed by atoms with Crippen molar-refractivity contribution in [3.63, 3.8) is 0 Å². The van der Waals surface area contributed by atoms with E-state index < -0.39 is 0 Å². The van der Waals surface area contributed by atoms with Gasteiger partial charge in [-0.3, -0.25) is 0 Å². The smallest absolute Gasteiger partial charge is 0.165 e. The lowest BCUT2D eigenvalue weighted by Gasteiger charge is -2.16. The van der Waals surface area contributed by atoms with Crippen LogP contribution in [0.5, 0.6) is 11.5 Å². The Labute approximate surface area is 101 Å². The summed E-state index contributed by atoms with van der Waals surface area (Å²) in [5.74, 6) is -0.0521. The highest BCUT2D eigenvalue weighted by Crippen LogP contribution is 2.43. The second-order valence-corrected chi connectivity index (χ2v) is 4.31. The maximum absolute atomic E-state index is 10.1. The number of hydrogen-bond acceptors (Lipinski definition) is 2. The first-order valence-corrected chi connectivity index (χ1v) is 5.61. The lowest BCUT2D eigenvalue weighted by molar-refractivity contribution is 0.401. The van der Waals surface area contributed by atoms with Gasteiger partial charge in [0.2, 0.25) is 0 Å². The Balaban J connectivity index is 2.80. The highest BCUT2D eigenvalue weighted by atomic mass is 16.3. The summed E-state index contributed by atoms with van der Waals surface area (Å²) in [5.41, 5.74) is 4.38. The number of rotatable bonds is 1. The molecule has 0 aromatic heterocycles. The van der Waals surface area contributed by atoms with Crippen LogP contribution < -0.4 is 0 Å². The van der Waals surface area contributed by atoms with Crippen molar-refractivity contribution >= 4 is 0 Å². The second kappa shape index (κ2) is 4.13. The molecule has 0 spiro atoms. The van der Waals surface area contributed by atoms with Crippen LogP contribution >= 0.6 is 0 Å². The summed E-state index contributed by atoms with van der Waals surface area (Å²) in [7, 11) is 0. The molecule has 0 atom stereocenters. The Morgan fingerprint density at radius 2 is 1.29 bits per heavy atom. The molecular formula is C15H16O2. The van der Waals surface area contributed by atoms with E-state index in [0.29, 0.717) is 5.56 Å². The molecule has 0 aliphatic carbocycles. The van der Waals surface area contributed by atoms with Crippen molar-refractivity contribution in [2.45, 2.75) is 20.8 Å². The maximum atomic E-state index is 10.1. The molecule has 0 bridgehead atoms. The van der Waals surface area contributed by atoms with E-state index in [-0.39, 0.29) is 11.5 Å². The SMILES string of the molecule is Cc1c(C)c(O)c(O)c(-c2ccccc2)c1C. The van der Waals surface area contributed by atoms with Crippen molar-refractivity contribution in [3.8, 4) is 22.6 Å². The number of phenols is 2. The van der Waals surface area contributed by atoms with E-state index in [0.717, 1.165) is 22.3 Å². The van der Waals surface area contributed by atoms with Crippen molar-refractivity contribution < 1.29 is 10.2 Å². The first kappa shape index (κ1) is 11.5. The fourth-order valence-corrected chi connectivity index (χ4v) is 2.08. The quantitative estimate of drug-likeness (QED) is 0.731. The van der Waals surface area contributed by atoms with Crippen molar-refractivity contribution in [1.82, 2.24) is 0 Å². The summed E-state index contributed by atoms with van der Waals surface area (Å²) >= 11 is 0. The van der Waals surface area contributed by atoms with Gasteiger partial charge >= 0.3 is 0 Å². The maximum Gasteiger partial charge on any atom is 0.165 e. The monoisotopic (exact) mass is 228 g/mol. The standard InChI is InChI=1S/C15H16O2/c1-9-10(2)13(12-7-5-4-6-8-12)15(17)14(16)11(9)3/h4-8,16-17H,1-3H3. The zero-order chi connectivity index (χ0) is 12.6. The molecule has 2 N–H and O–H groups in total. The summed E-state index contributed by atoms with van der Waals surface area (Å²) in [6.07, 6.45) is 0. The topological polar surface area (TPSA) is 40.5 Å². The molecule has 0 heterocycles. The molecule has 2 rings (SSSR count). The Morgan fingerprint density at radius 1 is 0.706 bits per heavy atom. The summed E-state index contributed by atoms with van der Waals surface area (Å²) in [5, 5.41) is 20.0. The van der Waals surface area contributed by atoms with Crippen LogP contribution in [0.2, 0.25) is 0 Å². The second-order valence-electron chi connectivity index (χ2n) is 4.31. The van der Waals surface area contributed by atoms with Crippen LogP contribution in [0.4, 0.5) is 0 Å². The average molecular weight is 228 g/mol. The van der Waals surface area contributed by atoms with Crippen molar-refractivity contribution in [2.75, 3.05) is 0 Å². The Bertz CT molecular complexity index is 528. The van der Waals surface area contributed by atoms with Crippen molar-refractivity contribution in [1.29, 1.82) is 0 Å². The largest absolute Gasteiger partial charge is 0.504 e. The molecule has 0 aliphatic rings. The molecule has 0 amide bonds. The van der Waals surface area contributed by atoms with Gasteiger partial charge in [-0.05, 0) is 43.0 Å². The van der Waals surface area contributed by atoms with Crippen molar-refractivity contribution in [3.05, 3.63) is 47.0 Å². The lowest BCUT2D eigenvalue weighted by Crippen LogP contribution is -1.93. The van der Waals surface area contributed by atoms with Gasteiger partial charge in [0.15, 0.2) is 11.5 Å². The van der Waals surface area contributed by atoms with Gasteiger partial charge in [-0.2, -0.15) is 0 Å². The van der Waals surface area contributed by atoms with E-state index in [4.69, 9.17) is 0 Å². The third-order valence-corrected chi connectivity index (χ3v) is 3.38. The average Bonchev–Trinajstić information content (AvgIpc) is 2.36. The van der Waals surface area contributed by atoms with Crippen LogP contribution in [-0.4, -0.2) is 10.2 Å². The summed E-state index contributed by atoms with van der Waals surface area (Å²) in [4.78, 5) is 0. The summed E-state index contributed by atoms with van der Waals surface area (Å²) in [6, 6.07) is 9.62. The molecule has 0 unspecified atom stereocenters. The first-order chi connectivity index (χ1) is 8.04. The zero-order valence-corrected chi connectivity index (χ0v) is 10.3. The minimum atomic E-state index is -0.0307.